The van der Waals surface area contributed by atoms with E-state index in [0.717, 1.165) is 18.4 Å². The number of aliphatic hydroxyl groups is 1. The highest BCUT2D eigenvalue weighted by Crippen LogP contribution is 2.50. The molecule has 3 nitrogen and oxygen atoms in total. The van der Waals surface area contributed by atoms with Gasteiger partial charge in [-0.1, -0.05) is 55.3 Å². The van der Waals surface area contributed by atoms with Gasteiger partial charge in [0.2, 0.25) is 0 Å². The van der Waals surface area contributed by atoms with Crippen molar-refractivity contribution in [2.75, 3.05) is 7.11 Å². The highest BCUT2D eigenvalue weighted by molar-refractivity contribution is 5.74. The maximum Gasteiger partial charge on any atom is 0.309 e. The summed E-state index contributed by atoms with van der Waals surface area (Å²) in [6.45, 7) is 6.48. The van der Waals surface area contributed by atoms with Crippen molar-refractivity contribution in [1.82, 2.24) is 0 Å². The van der Waals surface area contributed by atoms with Gasteiger partial charge in [0, 0.05) is 11.8 Å². The van der Waals surface area contributed by atoms with Gasteiger partial charge in [0.15, 0.2) is 0 Å². The third-order valence-corrected chi connectivity index (χ3v) is 5.69. The molecule has 0 spiro atoms. The standard InChI is InChI=1S/C21H28O3/c1-13-5-7-14(8-6-13)16-9-15-11-21(2,3)12-19(22)17(15)10-18(16)20(23)24-4/h5-9,16-19,22H,10-12H2,1-4H3/t16-,17+,18-,19-/m0/s1. The zero-order chi connectivity index (χ0) is 17.5. The van der Waals surface area contributed by atoms with Gasteiger partial charge in [-0.05, 0) is 37.2 Å². The van der Waals surface area contributed by atoms with Crippen LogP contribution in [0.25, 0.3) is 0 Å². The first-order chi connectivity index (χ1) is 11.3. The molecule has 24 heavy (non-hydrogen) atoms. The van der Waals surface area contributed by atoms with Crippen molar-refractivity contribution in [3.8, 4) is 0 Å². The van der Waals surface area contributed by atoms with Crippen LogP contribution in [-0.4, -0.2) is 24.3 Å². The van der Waals surface area contributed by atoms with Gasteiger partial charge in [-0.25, -0.2) is 0 Å². The first-order valence-electron chi connectivity index (χ1n) is 8.84. The molecule has 3 heteroatoms. The summed E-state index contributed by atoms with van der Waals surface area (Å²) in [5.74, 6) is -0.274. The van der Waals surface area contributed by atoms with Gasteiger partial charge in [0.05, 0.1) is 19.1 Å². The minimum Gasteiger partial charge on any atom is -0.469 e. The SMILES string of the molecule is COC(=O)[C@H]1C[C@@H]2C(=C[C@H]1c1ccc(C)cc1)CC(C)(C)C[C@@H]2O. The molecule has 1 fully saturated rings. The topological polar surface area (TPSA) is 46.5 Å². The Kier molecular flexibility index (Phi) is 4.56. The number of rotatable bonds is 2. The molecule has 0 aromatic heterocycles. The minimum atomic E-state index is -0.369. The van der Waals surface area contributed by atoms with Gasteiger partial charge in [-0.2, -0.15) is 0 Å². The van der Waals surface area contributed by atoms with Crippen molar-refractivity contribution in [1.29, 1.82) is 0 Å². The number of carbonyl (C=O) groups is 1. The monoisotopic (exact) mass is 328 g/mol. The van der Waals surface area contributed by atoms with E-state index >= 15 is 0 Å². The average Bonchev–Trinajstić information content (AvgIpc) is 2.53. The predicted octanol–water partition coefficient (Wildman–Crippen LogP) is 4.00. The number of aryl methyl sites for hydroxylation is 1. The zero-order valence-corrected chi connectivity index (χ0v) is 15.1. The quantitative estimate of drug-likeness (QED) is 0.659. The van der Waals surface area contributed by atoms with E-state index in [2.05, 4.69) is 51.1 Å². The smallest absolute Gasteiger partial charge is 0.309 e. The lowest BCUT2D eigenvalue weighted by molar-refractivity contribution is -0.147. The van der Waals surface area contributed by atoms with Crippen LogP contribution in [0.2, 0.25) is 0 Å². The van der Waals surface area contributed by atoms with Crippen LogP contribution in [0.1, 0.15) is 50.2 Å². The van der Waals surface area contributed by atoms with E-state index in [1.54, 1.807) is 0 Å². The van der Waals surface area contributed by atoms with Gasteiger partial charge < -0.3 is 9.84 Å². The molecule has 1 aromatic rings. The Bertz CT molecular complexity index is 642. The largest absolute Gasteiger partial charge is 0.469 e. The lowest BCUT2D eigenvalue weighted by Crippen LogP contribution is -2.41. The summed E-state index contributed by atoms with van der Waals surface area (Å²) < 4.78 is 5.07. The number of methoxy groups -OCH3 is 1. The average molecular weight is 328 g/mol. The molecule has 130 valence electrons. The Hall–Kier alpha value is -1.61. The second-order valence-electron chi connectivity index (χ2n) is 8.26. The molecule has 1 aromatic carbocycles. The van der Waals surface area contributed by atoms with E-state index < -0.39 is 0 Å². The second-order valence-corrected chi connectivity index (χ2v) is 8.26. The van der Waals surface area contributed by atoms with Crippen LogP contribution in [0.5, 0.6) is 0 Å². The zero-order valence-electron chi connectivity index (χ0n) is 15.1. The number of hydrogen-bond donors (Lipinski definition) is 1. The van der Waals surface area contributed by atoms with Gasteiger partial charge in [0.1, 0.15) is 0 Å². The van der Waals surface area contributed by atoms with Crippen LogP contribution in [0, 0.1) is 24.2 Å². The first-order valence-corrected chi connectivity index (χ1v) is 8.84. The number of hydrogen-bond acceptors (Lipinski definition) is 3. The maximum atomic E-state index is 12.4. The van der Waals surface area contributed by atoms with Crippen molar-refractivity contribution in [2.24, 2.45) is 17.3 Å². The molecule has 0 amide bonds. The fourth-order valence-corrected chi connectivity index (χ4v) is 4.48. The molecule has 1 N–H and O–H groups in total. The van der Waals surface area contributed by atoms with Crippen LogP contribution in [0.4, 0.5) is 0 Å². The molecule has 0 heterocycles. The van der Waals surface area contributed by atoms with E-state index in [0.29, 0.717) is 6.42 Å². The van der Waals surface area contributed by atoms with E-state index in [1.807, 2.05) is 0 Å². The van der Waals surface area contributed by atoms with Gasteiger partial charge in [-0.3, -0.25) is 4.79 Å². The van der Waals surface area contributed by atoms with Gasteiger partial charge in [0.25, 0.3) is 0 Å². The van der Waals surface area contributed by atoms with Crippen LogP contribution in [-0.2, 0) is 9.53 Å². The molecule has 0 unspecified atom stereocenters. The van der Waals surface area contributed by atoms with Gasteiger partial charge >= 0.3 is 5.97 Å². The van der Waals surface area contributed by atoms with E-state index in [9.17, 15) is 9.90 Å². The third-order valence-electron chi connectivity index (χ3n) is 5.69. The number of benzene rings is 1. The van der Waals surface area contributed by atoms with Crippen LogP contribution >= 0.6 is 0 Å². The van der Waals surface area contributed by atoms with Crippen LogP contribution in [0.3, 0.4) is 0 Å². The lowest BCUT2D eigenvalue weighted by atomic mass is 9.61. The summed E-state index contributed by atoms with van der Waals surface area (Å²) in [7, 11) is 1.45. The van der Waals surface area contributed by atoms with Crippen molar-refractivity contribution in [2.45, 2.75) is 52.1 Å². The normalized spacial score (nSPS) is 31.8. The molecule has 0 radical (unpaired) electrons. The number of fused-ring (bicyclic) bond motifs is 1. The van der Waals surface area contributed by atoms with Crippen molar-refractivity contribution >= 4 is 5.97 Å². The molecule has 4 atom stereocenters. The third kappa shape index (κ3) is 3.27. The number of aliphatic hydroxyl groups excluding tert-OH is 1. The number of ether oxygens (including phenoxy) is 1. The lowest BCUT2D eigenvalue weighted by Gasteiger charge is -2.45. The molecule has 2 aliphatic carbocycles. The molecule has 2 aliphatic rings. The number of esters is 1. The molecule has 3 rings (SSSR count). The van der Waals surface area contributed by atoms with Crippen molar-refractivity contribution in [3.63, 3.8) is 0 Å². The Morgan fingerprint density at radius 3 is 2.54 bits per heavy atom. The van der Waals surface area contributed by atoms with Crippen LogP contribution in [0.15, 0.2) is 35.9 Å². The fraction of sp³-hybridized carbons (Fsp3) is 0.571. The second kappa shape index (κ2) is 6.36. The maximum absolute atomic E-state index is 12.4. The Morgan fingerprint density at radius 2 is 1.92 bits per heavy atom. The molecule has 1 saturated carbocycles. The Labute approximate surface area is 144 Å². The minimum absolute atomic E-state index is 0.0328. The predicted molar refractivity (Wildman–Crippen MR) is 94.6 cm³/mol. The summed E-state index contributed by atoms with van der Waals surface area (Å²) in [5, 5.41) is 10.6. The van der Waals surface area contributed by atoms with Gasteiger partial charge in [-0.15, -0.1) is 0 Å². The molecular formula is C21H28O3. The highest BCUT2D eigenvalue weighted by atomic mass is 16.5. The summed E-state index contributed by atoms with van der Waals surface area (Å²) in [6, 6.07) is 8.40. The highest BCUT2D eigenvalue weighted by Gasteiger charge is 2.44. The molecule has 0 saturated heterocycles. The molecule has 0 bridgehead atoms. The number of allylic oxidation sites excluding steroid dienone is 1. The summed E-state index contributed by atoms with van der Waals surface area (Å²) in [6.07, 6.45) is 4.33. The van der Waals surface area contributed by atoms with Crippen LogP contribution < -0.4 is 0 Å². The Balaban J connectivity index is 2.01. The summed E-state index contributed by atoms with van der Waals surface area (Å²) in [4.78, 5) is 12.4. The van der Waals surface area contributed by atoms with Crippen molar-refractivity contribution in [3.05, 3.63) is 47.0 Å². The summed E-state index contributed by atoms with van der Waals surface area (Å²) in [5.41, 5.74) is 3.78. The molecule has 0 aliphatic heterocycles. The fourth-order valence-electron chi connectivity index (χ4n) is 4.48. The first kappa shape index (κ1) is 17.2. The summed E-state index contributed by atoms with van der Waals surface area (Å²) >= 11 is 0. The van der Waals surface area contributed by atoms with E-state index in [1.165, 1.54) is 18.2 Å². The van der Waals surface area contributed by atoms with E-state index in [-0.39, 0.29) is 35.2 Å². The molecular weight excluding hydrogens is 300 g/mol. The Morgan fingerprint density at radius 1 is 1.25 bits per heavy atom. The van der Waals surface area contributed by atoms with Crippen molar-refractivity contribution < 1.29 is 14.6 Å². The number of carbonyl (C=O) groups excluding carboxylic acids is 1. The van der Waals surface area contributed by atoms with E-state index in [4.69, 9.17) is 4.74 Å².